The van der Waals surface area contributed by atoms with Crippen LogP contribution in [0, 0.1) is 19.8 Å². The number of nitrogens with one attached hydrogen (secondary N) is 1. The minimum absolute atomic E-state index is 0.00421. The van der Waals surface area contributed by atoms with Crippen LogP contribution in [0.25, 0.3) is 0 Å². The fourth-order valence-electron chi connectivity index (χ4n) is 2.70. The van der Waals surface area contributed by atoms with Crippen LogP contribution in [0.1, 0.15) is 43.3 Å². The lowest BCUT2D eigenvalue weighted by Crippen LogP contribution is -2.15. The van der Waals surface area contributed by atoms with E-state index in [4.69, 9.17) is 0 Å². The van der Waals surface area contributed by atoms with Gasteiger partial charge in [0.05, 0.1) is 12.1 Å². The molecule has 0 aliphatic heterocycles. The summed E-state index contributed by atoms with van der Waals surface area (Å²) in [5, 5.41) is 7.54. The Labute approximate surface area is 138 Å². The summed E-state index contributed by atoms with van der Waals surface area (Å²) in [6.07, 6.45) is 1.37. The van der Waals surface area contributed by atoms with Crippen molar-refractivity contribution < 1.29 is 4.79 Å². The molecule has 23 heavy (non-hydrogen) atoms. The van der Waals surface area contributed by atoms with E-state index in [1.807, 2.05) is 42.8 Å². The van der Waals surface area contributed by atoms with Gasteiger partial charge < -0.3 is 5.32 Å². The Morgan fingerprint density at radius 1 is 1.22 bits per heavy atom. The maximum absolute atomic E-state index is 12.3. The van der Waals surface area contributed by atoms with Crippen LogP contribution in [0.5, 0.6) is 0 Å². The van der Waals surface area contributed by atoms with E-state index in [0.717, 1.165) is 35.6 Å². The van der Waals surface area contributed by atoms with Crippen LogP contribution in [0.4, 0.5) is 5.69 Å². The highest BCUT2D eigenvalue weighted by molar-refractivity contribution is 5.92. The van der Waals surface area contributed by atoms with Gasteiger partial charge in [-0.2, -0.15) is 5.10 Å². The number of aryl methyl sites for hydroxylation is 2. The van der Waals surface area contributed by atoms with Gasteiger partial charge >= 0.3 is 0 Å². The third-order valence-electron chi connectivity index (χ3n) is 4.05. The molecule has 0 aliphatic rings. The average molecular weight is 313 g/mol. The molecule has 0 spiro atoms. The lowest BCUT2D eigenvalue weighted by atomic mass is 10.1. The summed E-state index contributed by atoms with van der Waals surface area (Å²) in [6.45, 7) is 11.4. The standard InChI is InChI=1S/C19H27N3O/c1-6-16-7-9-17(10-8-16)20-19(23)11-18-14(4)21-22(15(18)5)12-13(2)3/h7-10,13H,6,11-12H2,1-5H3,(H,20,23). The van der Waals surface area contributed by atoms with E-state index in [9.17, 15) is 4.79 Å². The Hall–Kier alpha value is -2.10. The van der Waals surface area contributed by atoms with E-state index in [0.29, 0.717) is 12.3 Å². The number of carbonyl (C=O) groups is 1. The molecular weight excluding hydrogens is 286 g/mol. The molecule has 2 rings (SSSR count). The van der Waals surface area contributed by atoms with E-state index in [1.54, 1.807) is 0 Å². The third-order valence-corrected chi connectivity index (χ3v) is 4.05. The van der Waals surface area contributed by atoms with Crippen LogP contribution in [0.15, 0.2) is 24.3 Å². The van der Waals surface area contributed by atoms with Crippen molar-refractivity contribution in [3.63, 3.8) is 0 Å². The van der Waals surface area contributed by atoms with Gasteiger partial charge in [-0.3, -0.25) is 9.48 Å². The molecule has 0 fully saturated rings. The number of hydrogen-bond acceptors (Lipinski definition) is 2. The molecule has 4 nitrogen and oxygen atoms in total. The van der Waals surface area contributed by atoms with Crippen molar-refractivity contribution in [1.29, 1.82) is 0 Å². The van der Waals surface area contributed by atoms with Crippen LogP contribution in [0.2, 0.25) is 0 Å². The molecule has 124 valence electrons. The zero-order valence-electron chi connectivity index (χ0n) is 14.8. The van der Waals surface area contributed by atoms with E-state index in [-0.39, 0.29) is 5.91 Å². The molecule has 2 aromatic rings. The lowest BCUT2D eigenvalue weighted by molar-refractivity contribution is -0.115. The Kier molecular flexibility index (Phi) is 5.59. The van der Waals surface area contributed by atoms with Crippen molar-refractivity contribution in [2.24, 2.45) is 5.92 Å². The second-order valence-corrected chi connectivity index (χ2v) is 6.50. The number of hydrogen-bond donors (Lipinski definition) is 1. The van der Waals surface area contributed by atoms with Crippen molar-refractivity contribution in [1.82, 2.24) is 9.78 Å². The number of nitrogens with zero attached hydrogens (tertiary/aromatic N) is 2. The summed E-state index contributed by atoms with van der Waals surface area (Å²) in [5.74, 6) is 0.538. The Bertz CT molecular complexity index is 669. The first-order valence-corrected chi connectivity index (χ1v) is 8.32. The molecule has 1 amide bonds. The predicted octanol–water partition coefficient (Wildman–Crippen LogP) is 3.90. The van der Waals surface area contributed by atoms with Gasteiger partial charge in [0.15, 0.2) is 0 Å². The number of carbonyl (C=O) groups excluding carboxylic acids is 1. The maximum atomic E-state index is 12.3. The second kappa shape index (κ2) is 7.44. The number of rotatable bonds is 6. The van der Waals surface area contributed by atoms with Crippen molar-refractivity contribution >= 4 is 11.6 Å². The highest BCUT2D eigenvalue weighted by Crippen LogP contribution is 2.17. The first-order chi connectivity index (χ1) is 10.9. The molecule has 1 aromatic carbocycles. The smallest absolute Gasteiger partial charge is 0.228 e. The fraction of sp³-hybridized carbons (Fsp3) is 0.474. The van der Waals surface area contributed by atoms with E-state index in [2.05, 4.69) is 31.2 Å². The van der Waals surface area contributed by atoms with E-state index in [1.165, 1.54) is 5.56 Å². The third kappa shape index (κ3) is 4.44. The van der Waals surface area contributed by atoms with Crippen molar-refractivity contribution in [2.45, 2.75) is 54.0 Å². The van der Waals surface area contributed by atoms with Gasteiger partial charge in [-0.25, -0.2) is 0 Å². The van der Waals surface area contributed by atoms with Crippen LogP contribution in [0.3, 0.4) is 0 Å². The summed E-state index contributed by atoms with van der Waals surface area (Å²) in [4.78, 5) is 12.3. The Morgan fingerprint density at radius 3 is 2.43 bits per heavy atom. The van der Waals surface area contributed by atoms with Crippen molar-refractivity contribution in [3.05, 3.63) is 46.8 Å². The molecule has 1 N–H and O–H groups in total. The average Bonchev–Trinajstić information content (AvgIpc) is 2.75. The van der Waals surface area contributed by atoms with Crippen molar-refractivity contribution in [3.8, 4) is 0 Å². The highest BCUT2D eigenvalue weighted by atomic mass is 16.1. The highest BCUT2D eigenvalue weighted by Gasteiger charge is 2.15. The van der Waals surface area contributed by atoms with E-state index < -0.39 is 0 Å². The molecular formula is C19H27N3O. The topological polar surface area (TPSA) is 46.9 Å². The van der Waals surface area contributed by atoms with Gasteiger partial charge in [-0.1, -0.05) is 32.9 Å². The lowest BCUT2D eigenvalue weighted by Gasteiger charge is -2.09. The van der Waals surface area contributed by atoms with Crippen LogP contribution < -0.4 is 5.32 Å². The molecule has 0 bridgehead atoms. The summed E-state index contributed by atoms with van der Waals surface area (Å²) >= 11 is 0. The Morgan fingerprint density at radius 2 is 1.87 bits per heavy atom. The van der Waals surface area contributed by atoms with Crippen molar-refractivity contribution in [2.75, 3.05) is 5.32 Å². The van der Waals surface area contributed by atoms with Gasteiger partial charge in [0.1, 0.15) is 0 Å². The molecule has 0 unspecified atom stereocenters. The Balaban J connectivity index is 2.06. The molecule has 4 heteroatoms. The maximum Gasteiger partial charge on any atom is 0.228 e. The molecule has 1 heterocycles. The van der Waals surface area contributed by atoms with Gasteiger partial charge in [0, 0.05) is 23.5 Å². The normalized spacial score (nSPS) is 11.0. The number of amides is 1. The van der Waals surface area contributed by atoms with Gasteiger partial charge in [0.25, 0.3) is 0 Å². The minimum atomic E-state index is 0.00421. The predicted molar refractivity (Wildman–Crippen MR) is 94.7 cm³/mol. The molecule has 0 radical (unpaired) electrons. The number of aromatic nitrogens is 2. The molecule has 0 atom stereocenters. The first kappa shape index (κ1) is 17.3. The molecule has 0 saturated heterocycles. The summed E-state index contributed by atoms with van der Waals surface area (Å²) in [7, 11) is 0. The zero-order valence-corrected chi connectivity index (χ0v) is 14.8. The molecule has 1 aromatic heterocycles. The molecule has 0 saturated carbocycles. The van der Waals surface area contributed by atoms with Gasteiger partial charge in [0.2, 0.25) is 5.91 Å². The number of benzene rings is 1. The monoisotopic (exact) mass is 313 g/mol. The summed E-state index contributed by atoms with van der Waals surface area (Å²) in [6, 6.07) is 8.01. The summed E-state index contributed by atoms with van der Waals surface area (Å²) in [5.41, 5.74) is 5.18. The van der Waals surface area contributed by atoms with Crippen LogP contribution in [-0.2, 0) is 24.2 Å². The largest absolute Gasteiger partial charge is 0.326 e. The SMILES string of the molecule is CCc1ccc(NC(=O)Cc2c(C)nn(CC(C)C)c2C)cc1. The second-order valence-electron chi connectivity index (χ2n) is 6.50. The number of anilines is 1. The van der Waals surface area contributed by atoms with Crippen LogP contribution >= 0.6 is 0 Å². The van der Waals surface area contributed by atoms with Gasteiger partial charge in [-0.05, 0) is 43.9 Å². The first-order valence-electron chi connectivity index (χ1n) is 8.32. The zero-order chi connectivity index (χ0) is 17.0. The molecule has 0 aliphatic carbocycles. The quantitative estimate of drug-likeness (QED) is 0.879. The minimum Gasteiger partial charge on any atom is -0.326 e. The fourth-order valence-corrected chi connectivity index (χ4v) is 2.70. The van der Waals surface area contributed by atoms with Gasteiger partial charge in [-0.15, -0.1) is 0 Å². The summed E-state index contributed by atoms with van der Waals surface area (Å²) < 4.78 is 2.01. The van der Waals surface area contributed by atoms with E-state index >= 15 is 0 Å². The van der Waals surface area contributed by atoms with Crippen LogP contribution in [-0.4, -0.2) is 15.7 Å².